The summed E-state index contributed by atoms with van der Waals surface area (Å²) >= 11 is 0. The van der Waals surface area contributed by atoms with Crippen LogP contribution in [0.5, 0.6) is 5.88 Å². The summed E-state index contributed by atoms with van der Waals surface area (Å²) in [5, 5.41) is 3.85. The van der Waals surface area contributed by atoms with Gasteiger partial charge in [-0.15, -0.1) is 0 Å². The first-order chi connectivity index (χ1) is 16.0. The second-order valence-corrected chi connectivity index (χ2v) is 10.9. The number of nitrogens with zero attached hydrogens (tertiary/aromatic N) is 4. The van der Waals surface area contributed by atoms with E-state index >= 15 is 0 Å². The number of hydrogen-bond donors (Lipinski definition) is 0. The summed E-state index contributed by atoms with van der Waals surface area (Å²) in [6.45, 7) is 6.01. The van der Waals surface area contributed by atoms with Crippen molar-refractivity contribution in [3.05, 3.63) is 24.2 Å². The zero-order valence-electron chi connectivity index (χ0n) is 19.6. The minimum atomic E-state index is -4.25. The fourth-order valence-corrected chi connectivity index (χ4v) is 4.54. The molecule has 3 rings (SSSR count). The quantitative estimate of drug-likeness (QED) is 0.398. The molecule has 0 radical (unpaired) electrons. The molecule has 1 unspecified atom stereocenters. The molecule has 1 fully saturated rings. The van der Waals surface area contributed by atoms with Gasteiger partial charge in [-0.05, 0) is 55.2 Å². The van der Waals surface area contributed by atoms with Gasteiger partial charge < -0.3 is 14.2 Å². The monoisotopic (exact) mass is 504 g/mol. The molecular formula is C22H31F3N4O4S. The molecule has 1 saturated carbocycles. The molecule has 0 N–H and O–H groups in total. The maximum absolute atomic E-state index is 12.4. The maximum atomic E-state index is 12.4. The first-order valence-electron chi connectivity index (χ1n) is 11.4. The predicted molar refractivity (Wildman–Crippen MR) is 119 cm³/mol. The van der Waals surface area contributed by atoms with E-state index in [1.807, 2.05) is 11.8 Å². The number of anilines is 1. The Morgan fingerprint density at radius 3 is 2.71 bits per heavy atom. The van der Waals surface area contributed by atoms with Gasteiger partial charge in [0, 0.05) is 38.0 Å². The van der Waals surface area contributed by atoms with Crippen LogP contribution in [-0.4, -0.2) is 55.7 Å². The zero-order chi connectivity index (χ0) is 24.9. The minimum Gasteiger partial charge on any atom is -0.478 e. The number of hydrogen-bond acceptors (Lipinski definition) is 8. The number of pyridine rings is 1. The van der Waals surface area contributed by atoms with Gasteiger partial charge in [0.05, 0.1) is 17.9 Å². The highest BCUT2D eigenvalue weighted by molar-refractivity contribution is 7.90. The number of aryl methyl sites for hydroxylation is 1. The molecule has 0 aliphatic heterocycles. The van der Waals surface area contributed by atoms with Crippen LogP contribution >= 0.6 is 0 Å². The van der Waals surface area contributed by atoms with Crippen LogP contribution in [0, 0.1) is 17.8 Å². The van der Waals surface area contributed by atoms with Gasteiger partial charge in [0.1, 0.15) is 0 Å². The van der Waals surface area contributed by atoms with Crippen LogP contribution in [0.1, 0.15) is 45.4 Å². The van der Waals surface area contributed by atoms with Crippen molar-refractivity contribution in [3.8, 4) is 5.88 Å². The van der Waals surface area contributed by atoms with Crippen LogP contribution in [0.2, 0.25) is 0 Å². The summed E-state index contributed by atoms with van der Waals surface area (Å²) in [4.78, 5) is 10.2. The first kappa shape index (κ1) is 26.2. The second kappa shape index (κ2) is 10.9. The number of sulfone groups is 1. The Morgan fingerprint density at radius 1 is 1.32 bits per heavy atom. The number of halogens is 3. The molecule has 1 aliphatic rings. The zero-order valence-corrected chi connectivity index (χ0v) is 20.4. The molecular weight excluding hydrogens is 473 g/mol. The van der Waals surface area contributed by atoms with Crippen molar-refractivity contribution in [2.45, 2.75) is 57.0 Å². The van der Waals surface area contributed by atoms with Gasteiger partial charge in [-0.25, -0.2) is 13.4 Å². The SMILES string of the molecule is CCN(CCC(C)[C@H]1C[C@H]1CCOc1ccc(S(C)(=O)=O)cn1)c1noc(CCC(F)(F)F)n1. The molecule has 1 aliphatic carbocycles. The molecule has 12 heteroatoms. The van der Waals surface area contributed by atoms with E-state index in [0.717, 1.165) is 25.5 Å². The van der Waals surface area contributed by atoms with E-state index in [0.29, 0.717) is 49.3 Å². The highest BCUT2D eigenvalue weighted by Gasteiger charge is 2.40. The third-order valence-electron chi connectivity index (χ3n) is 6.18. The topological polar surface area (TPSA) is 98.4 Å². The third-order valence-corrected chi connectivity index (χ3v) is 7.28. The summed E-state index contributed by atoms with van der Waals surface area (Å²) < 4.78 is 70.7. The minimum absolute atomic E-state index is 0.00142. The van der Waals surface area contributed by atoms with Crippen LogP contribution in [0.15, 0.2) is 27.7 Å². The van der Waals surface area contributed by atoms with Crippen molar-refractivity contribution in [2.75, 3.05) is 30.9 Å². The lowest BCUT2D eigenvalue weighted by Crippen LogP contribution is -2.26. The Hall–Kier alpha value is -2.37. The van der Waals surface area contributed by atoms with E-state index < -0.39 is 22.4 Å². The molecule has 0 saturated heterocycles. The molecule has 8 nitrogen and oxygen atoms in total. The van der Waals surface area contributed by atoms with E-state index in [2.05, 4.69) is 22.0 Å². The van der Waals surface area contributed by atoms with Gasteiger partial charge in [0.25, 0.3) is 5.95 Å². The summed E-state index contributed by atoms with van der Waals surface area (Å²) in [7, 11) is -3.27. The molecule has 34 heavy (non-hydrogen) atoms. The number of aromatic nitrogens is 3. The summed E-state index contributed by atoms with van der Waals surface area (Å²) in [5.74, 6) is 2.38. The van der Waals surface area contributed by atoms with Gasteiger partial charge in [-0.1, -0.05) is 6.92 Å². The van der Waals surface area contributed by atoms with Gasteiger partial charge in [-0.3, -0.25) is 0 Å². The average Bonchev–Trinajstić information content (AvgIpc) is 3.38. The first-order valence-corrected chi connectivity index (χ1v) is 13.3. The lowest BCUT2D eigenvalue weighted by molar-refractivity contribution is -0.134. The predicted octanol–water partition coefficient (Wildman–Crippen LogP) is 4.32. The molecule has 2 aromatic rings. The molecule has 3 atom stereocenters. The number of rotatable bonds is 13. The standard InChI is InChI=1S/C22H31F3N4O4S/c1-4-29(21-27-20(33-28-21)7-10-22(23,24)25)11-8-15(2)18-13-16(18)9-12-32-19-6-5-17(14-26-19)34(3,30)31/h5-6,14-16,18H,4,7-13H2,1-3H3/t15?,16-,18-/m1/s1. The normalized spacial score (nSPS) is 19.1. The Bertz CT molecular complexity index is 1030. The van der Waals surface area contributed by atoms with Gasteiger partial charge >= 0.3 is 6.18 Å². The van der Waals surface area contributed by atoms with Gasteiger partial charge in [0.15, 0.2) is 9.84 Å². The summed E-state index contributed by atoms with van der Waals surface area (Å²) in [6.07, 6.45) is -0.168. The maximum Gasteiger partial charge on any atom is 0.389 e. The molecule has 2 heterocycles. The highest BCUT2D eigenvalue weighted by atomic mass is 32.2. The molecule has 0 bridgehead atoms. The van der Waals surface area contributed by atoms with Crippen LogP contribution in [-0.2, 0) is 16.3 Å². The number of ether oxygens (including phenoxy) is 1. The molecule has 0 amide bonds. The Kier molecular flexibility index (Phi) is 8.43. The van der Waals surface area contributed by atoms with Crippen molar-refractivity contribution in [1.82, 2.24) is 15.1 Å². The van der Waals surface area contributed by atoms with E-state index in [4.69, 9.17) is 9.26 Å². The molecule has 2 aromatic heterocycles. The van der Waals surface area contributed by atoms with Crippen LogP contribution in [0.25, 0.3) is 0 Å². The Labute approximate surface area is 197 Å². The van der Waals surface area contributed by atoms with E-state index in [1.54, 1.807) is 6.07 Å². The highest BCUT2D eigenvalue weighted by Crippen LogP contribution is 2.47. The van der Waals surface area contributed by atoms with E-state index in [-0.39, 0.29) is 17.2 Å². The lowest BCUT2D eigenvalue weighted by atomic mass is 9.99. The van der Waals surface area contributed by atoms with E-state index in [1.165, 1.54) is 12.3 Å². The van der Waals surface area contributed by atoms with Crippen molar-refractivity contribution < 1.29 is 30.8 Å². The van der Waals surface area contributed by atoms with Crippen molar-refractivity contribution in [3.63, 3.8) is 0 Å². The molecule has 190 valence electrons. The summed E-state index contributed by atoms with van der Waals surface area (Å²) in [5.41, 5.74) is 0. The Morgan fingerprint density at radius 2 is 2.09 bits per heavy atom. The summed E-state index contributed by atoms with van der Waals surface area (Å²) in [6, 6.07) is 3.05. The van der Waals surface area contributed by atoms with Crippen LogP contribution < -0.4 is 9.64 Å². The average molecular weight is 505 g/mol. The van der Waals surface area contributed by atoms with Gasteiger partial charge in [-0.2, -0.15) is 18.2 Å². The smallest absolute Gasteiger partial charge is 0.389 e. The van der Waals surface area contributed by atoms with Gasteiger partial charge in [0.2, 0.25) is 11.8 Å². The largest absolute Gasteiger partial charge is 0.478 e. The van der Waals surface area contributed by atoms with Crippen molar-refractivity contribution in [1.29, 1.82) is 0 Å². The Balaban J connectivity index is 1.37. The fraction of sp³-hybridized carbons (Fsp3) is 0.682. The van der Waals surface area contributed by atoms with Crippen molar-refractivity contribution in [2.24, 2.45) is 17.8 Å². The molecule has 0 spiro atoms. The van der Waals surface area contributed by atoms with Crippen LogP contribution in [0.3, 0.4) is 0 Å². The fourth-order valence-electron chi connectivity index (χ4n) is 3.98. The second-order valence-electron chi connectivity index (χ2n) is 8.85. The van der Waals surface area contributed by atoms with E-state index in [9.17, 15) is 21.6 Å². The van der Waals surface area contributed by atoms with Crippen molar-refractivity contribution >= 4 is 15.8 Å². The van der Waals surface area contributed by atoms with Crippen LogP contribution in [0.4, 0.5) is 19.1 Å². The number of alkyl halides is 3. The third kappa shape index (κ3) is 7.85. The lowest BCUT2D eigenvalue weighted by Gasteiger charge is -2.20. The molecule has 0 aromatic carbocycles.